The third-order valence-corrected chi connectivity index (χ3v) is 9.41. The molecule has 6 rings (SSSR count). The summed E-state index contributed by atoms with van der Waals surface area (Å²) in [5, 5.41) is 14.4. The molecule has 2 aliphatic rings. The highest BCUT2D eigenvalue weighted by atomic mass is 35.5. The van der Waals surface area contributed by atoms with Gasteiger partial charge >= 0.3 is 12.3 Å². The Morgan fingerprint density at radius 1 is 0.980 bits per heavy atom. The minimum absolute atomic E-state index is 0.0753. The second-order valence-electron chi connectivity index (χ2n) is 12.6. The summed E-state index contributed by atoms with van der Waals surface area (Å²) in [7, 11) is 1.51. The average Bonchev–Trinajstić information content (AvgIpc) is 3.69. The molecule has 0 unspecified atom stereocenters. The Hall–Kier alpha value is -4.52. The number of methoxy groups -OCH3 is 1. The van der Waals surface area contributed by atoms with Crippen LogP contribution in [0.25, 0.3) is 11.3 Å². The number of nitrogens with one attached hydrogen (secondary N) is 1. The number of likely N-dealkylation sites (tertiary alicyclic amines) is 2. The number of rotatable bonds is 9. The first kappa shape index (κ1) is 35.3. The summed E-state index contributed by atoms with van der Waals surface area (Å²) in [5.74, 6) is -2.08. The number of amides is 2. The first-order chi connectivity index (χ1) is 24.0. The number of β-amino-alcohol motifs (C(OH)–C–C–N with tert-alkyl or cyclic N) is 1. The molecule has 2 amide bonds. The Balaban J connectivity index is 1.20. The number of carbonyl (C=O) groups excluding carboxylic acids is 2. The van der Waals surface area contributed by atoms with Crippen LogP contribution in [0.2, 0.25) is 5.02 Å². The van der Waals surface area contributed by atoms with Crippen molar-refractivity contribution in [2.24, 2.45) is 0 Å². The van der Waals surface area contributed by atoms with Crippen molar-refractivity contribution < 1.29 is 41.8 Å². The maximum absolute atomic E-state index is 14.3. The zero-order valence-electron chi connectivity index (χ0n) is 27.2. The lowest BCUT2D eigenvalue weighted by Gasteiger charge is -2.33. The number of furan rings is 1. The molecule has 3 aromatic carbocycles. The lowest BCUT2D eigenvalue weighted by atomic mass is 10.00. The minimum Gasteiger partial charge on any atom is -0.497 e. The first-order valence-corrected chi connectivity index (χ1v) is 16.7. The predicted molar refractivity (Wildman–Crippen MR) is 180 cm³/mol. The van der Waals surface area contributed by atoms with Gasteiger partial charge in [0.25, 0.3) is 5.91 Å². The Kier molecular flexibility index (Phi) is 10.7. The van der Waals surface area contributed by atoms with Gasteiger partial charge in [0.05, 0.1) is 25.3 Å². The summed E-state index contributed by atoms with van der Waals surface area (Å²) in [6.07, 6.45) is -6.90. The summed E-state index contributed by atoms with van der Waals surface area (Å²) < 4.78 is 59.0. The van der Waals surface area contributed by atoms with Crippen LogP contribution in [0.1, 0.15) is 40.1 Å². The highest BCUT2D eigenvalue weighted by Crippen LogP contribution is 2.39. The molecule has 264 valence electrons. The Morgan fingerprint density at radius 2 is 1.66 bits per heavy atom. The van der Waals surface area contributed by atoms with Gasteiger partial charge in [-0.3, -0.25) is 9.69 Å². The van der Waals surface area contributed by atoms with Gasteiger partial charge in [-0.1, -0.05) is 54.1 Å². The van der Waals surface area contributed by atoms with Crippen molar-refractivity contribution in [3.8, 4) is 17.1 Å². The van der Waals surface area contributed by atoms with Gasteiger partial charge in [0.1, 0.15) is 17.6 Å². The van der Waals surface area contributed by atoms with E-state index in [1.165, 1.54) is 36.9 Å². The molecule has 0 bridgehead atoms. The third kappa shape index (κ3) is 8.26. The topological polar surface area (TPSA) is 104 Å². The van der Waals surface area contributed by atoms with Gasteiger partial charge in [0.15, 0.2) is 6.10 Å². The predicted octanol–water partition coefficient (Wildman–Crippen LogP) is 6.81. The van der Waals surface area contributed by atoms with Crippen LogP contribution in [0, 0.1) is 0 Å². The molecular formula is C37H37ClF3N3O6. The molecule has 0 saturated carbocycles. The molecule has 1 aromatic heterocycles. The van der Waals surface area contributed by atoms with Crippen molar-refractivity contribution in [3.63, 3.8) is 0 Å². The monoisotopic (exact) mass is 711 g/mol. The van der Waals surface area contributed by atoms with Crippen molar-refractivity contribution in [1.82, 2.24) is 15.1 Å². The lowest BCUT2D eigenvalue weighted by molar-refractivity contribution is -0.153. The van der Waals surface area contributed by atoms with E-state index in [1.54, 1.807) is 24.3 Å². The van der Waals surface area contributed by atoms with Crippen LogP contribution in [0.4, 0.5) is 18.0 Å². The highest BCUT2D eigenvalue weighted by Gasteiger charge is 2.49. The molecule has 50 heavy (non-hydrogen) atoms. The van der Waals surface area contributed by atoms with Gasteiger partial charge in [-0.2, -0.15) is 13.2 Å². The summed E-state index contributed by atoms with van der Waals surface area (Å²) in [6.45, 7) is 1.96. The SMILES string of the molecule is COc1ccc(C[C@@H]2[C@H](OC(=O)NC3CCN(Cc4ccccc4)CC3)[C@@H](O)CN2C(=O)c2cc(-c3ccc(Cl)cc3)oc2C(F)(F)F)cc1. The van der Waals surface area contributed by atoms with E-state index in [2.05, 4.69) is 22.3 Å². The van der Waals surface area contributed by atoms with Gasteiger partial charge in [-0.05, 0) is 72.9 Å². The molecule has 13 heteroatoms. The zero-order chi connectivity index (χ0) is 35.4. The molecule has 2 fully saturated rings. The summed E-state index contributed by atoms with van der Waals surface area (Å²) in [6, 6.07) is 22.8. The molecule has 0 radical (unpaired) electrons. The largest absolute Gasteiger partial charge is 0.497 e. The number of alkyl halides is 3. The van der Waals surface area contributed by atoms with E-state index in [4.69, 9.17) is 25.5 Å². The fourth-order valence-electron chi connectivity index (χ4n) is 6.57. The lowest BCUT2D eigenvalue weighted by Crippen LogP contribution is -2.48. The number of nitrogens with zero attached hydrogens (tertiary/aromatic N) is 2. The number of aliphatic hydroxyl groups is 1. The Labute approximate surface area is 292 Å². The van der Waals surface area contributed by atoms with Crippen molar-refractivity contribution in [2.75, 3.05) is 26.7 Å². The number of aliphatic hydroxyl groups excluding tert-OH is 1. The van der Waals surface area contributed by atoms with E-state index in [1.807, 2.05) is 18.2 Å². The van der Waals surface area contributed by atoms with Gasteiger partial charge in [-0.25, -0.2) is 4.79 Å². The van der Waals surface area contributed by atoms with Gasteiger partial charge in [-0.15, -0.1) is 0 Å². The number of halogens is 4. The summed E-state index contributed by atoms with van der Waals surface area (Å²) >= 11 is 5.95. The van der Waals surface area contributed by atoms with Crippen molar-refractivity contribution in [2.45, 2.75) is 56.3 Å². The normalized spacial score (nSPS) is 20.1. The molecule has 0 spiro atoms. The fraction of sp³-hybridized carbons (Fsp3) is 0.351. The van der Waals surface area contributed by atoms with Crippen LogP contribution >= 0.6 is 11.6 Å². The standard InChI is InChI=1S/C37H37ClF3N3O6/c1-48-28-13-7-23(8-14-28)19-30-33(50-36(47)42-27-15-17-43(18-16-27)21-24-5-3-2-4-6-24)31(45)22-44(30)35(46)29-20-32(49-34(29)37(39,40)41)25-9-11-26(38)12-10-25/h2-14,20,27,30-31,33,45H,15-19,21-22H2,1H3,(H,42,47)/t30-,31+,33+/m1/s1. The fourth-order valence-corrected chi connectivity index (χ4v) is 6.69. The average molecular weight is 712 g/mol. The quantitative estimate of drug-likeness (QED) is 0.197. The van der Waals surface area contributed by atoms with Gasteiger partial charge in [0.2, 0.25) is 5.76 Å². The molecule has 2 saturated heterocycles. The number of carbonyl (C=O) groups is 2. The van der Waals surface area contributed by atoms with Gasteiger partial charge < -0.3 is 29.2 Å². The van der Waals surface area contributed by atoms with E-state index in [-0.39, 0.29) is 24.8 Å². The first-order valence-electron chi connectivity index (χ1n) is 16.3. The molecule has 3 heterocycles. The van der Waals surface area contributed by atoms with E-state index < -0.39 is 47.8 Å². The Bertz CT molecular complexity index is 1760. The number of hydrogen-bond acceptors (Lipinski definition) is 7. The summed E-state index contributed by atoms with van der Waals surface area (Å²) in [4.78, 5) is 30.7. The van der Waals surface area contributed by atoms with Crippen LogP contribution in [0.5, 0.6) is 5.75 Å². The van der Waals surface area contributed by atoms with Crippen LogP contribution in [0.15, 0.2) is 89.3 Å². The second kappa shape index (κ2) is 15.2. The third-order valence-electron chi connectivity index (χ3n) is 9.16. The molecule has 2 N–H and O–H groups in total. The molecule has 2 aliphatic heterocycles. The van der Waals surface area contributed by atoms with E-state index in [0.29, 0.717) is 34.7 Å². The van der Waals surface area contributed by atoms with Crippen molar-refractivity contribution in [1.29, 1.82) is 0 Å². The Morgan fingerprint density at radius 3 is 2.30 bits per heavy atom. The van der Waals surface area contributed by atoms with Crippen LogP contribution in [-0.2, 0) is 23.9 Å². The van der Waals surface area contributed by atoms with E-state index >= 15 is 0 Å². The maximum Gasteiger partial charge on any atom is 0.450 e. The zero-order valence-corrected chi connectivity index (χ0v) is 28.0. The number of ether oxygens (including phenoxy) is 2. The van der Waals surface area contributed by atoms with Crippen molar-refractivity contribution in [3.05, 3.63) is 112 Å². The number of hydrogen-bond donors (Lipinski definition) is 2. The maximum atomic E-state index is 14.3. The number of piperidine rings is 1. The minimum atomic E-state index is -4.99. The molecule has 3 atom stereocenters. The van der Waals surface area contributed by atoms with Crippen molar-refractivity contribution >= 4 is 23.6 Å². The molecular weight excluding hydrogens is 675 g/mol. The van der Waals surface area contributed by atoms with Crippen LogP contribution in [0.3, 0.4) is 0 Å². The smallest absolute Gasteiger partial charge is 0.450 e. The molecule has 0 aliphatic carbocycles. The highest BCUT2D eigenvalue weighted by molar-refractivity contribution is 6.30. The van der Waals surface area contributed by atoms with Gasteiger partial charge in [0, 0.05) is 36.3 Å². The number of alkyl carbamates (subject to hydrolysis) is 1. The van der Waals surface area contributed by atoms with Crippen LogP contribution < -0.4 is 10.1 Å². The second-order valence-corrected chi connectivity index (χ2v) is 13.0. The number of benzene rings is 3. The molecule has 4 aromatic rings. The summed E-state index contributed by atoms with van der Waals surface area (Å²) in [5.41, 5.74) is 1.46. The van der Waals surface area contributed by atoms with E-state index in [9.17, 15) is 27.9 Å². The van der Waals surface area contributed by atoms with Crippen LogP contribution in [-0.4, -0.2) is 77.9 Å². The molecule has 9 nitrogen and oxygen atoms in total. The van der Waals surface area contributed by atoms with E-state index in [0.717, 1.165) is 30.6 Å².